The van der Waals surface area contributed by atoms with Crippen LogP contribution < -0.4 is 10.5 Å². The molecule has 1 unspecified atom stereocenters. The summed E-state index contributed by atoms with van der Waals surface area (Å²) in [7, 11) is 0. The topological polar surface area (TPSA) is 81.3 Å². The fraction of sp³-hybridized carbons (Fsp3) is 0.714. The molecular formula is C14H23N3O2. The van der Waals surface area contributed by atoms with Gasteiger partial charge in [-0.25, -0.2) is 4.98 Å². The van der Waals surface area contributed by atoms with E-state index >= 15 is 0 Å². The van der Waals surface area contributed by atoms with Gasteiger partial charge in [-0.15, -0.1) is 0 Å². The third kappa shape index (κ3) is 4.44. The average molecular weight is 265 g/mol. The largest absolute Gasteiger partial charge is 0.463 e. The predicted octanol–water partition coefficient (Wildman–Crippen LogP) is 1.82. The Morgan fingerprint density at radius 2 is 2.16 bits per heavy atom. The fourth-order valence-corrected chi connectivity index (χ4v) is 2.46. The van der Waals surface area contributed by atoms with Gasteiger partial charge in [0.2, 0.25) is 0 Å². The number of rotatable bonds is 6. The SMILES string of the molecule is NCCC(O)c1ccnc(OCC2CCCCC2)n1. The van der Waals surface area contributed by atoms with Crippen LogP contribution in [0.15, 0.2) is 12.3 Å². The van der Waals surface area contributed by atoms with Crippen molar-refractivity contribution >= 4 is 0 Å². The fourth-order valence-electron chi connectivity index (χ4n) is 2.46. The lowest BCUT2D eigenvalue weighted by molar-refractivity contribution is 0.160. The molecule has 0 amide bonds. The Morgan fingerprint density at radius 3 is 2.89 bits per heavy atom. The lowest BCUT2D eigenvalue weighted by atomic mass is 9.90. The van der Waals surface area contributed by atoms with Crippen molar-refractivity contribution in [2.75, 3.05) is 13.2 Å². The molecule has 5 nitrogen and oxygen atoms in total. The summed E-state index contributed by atoms with van der Waals surface area (Å²) in [5.41, 5.74) is 6.01. The summed E-state index contributed by atoms with van der Waals surface area (Å²) in [4.78, 5) is 8.33. The molecule has 0 radical (unpaired) electrons. The molecule has 5 heteroatoms. The normalized spacial score (nSPS) is 18.2. The first-order chi connectivity index (χ1) is 9.29. The Kier molecular flexibility index (Phi) is 5.54. The van der Waals surface area contributed by atoms with E-state index in [1.54, 1.807) is 12.3 Å². The molecule has 1 atom stereocenters. The van der Waals surface area contributed by atoms with Crippen LogP contribution in [0.25, 0.3) is 0 Å². The molecule has 3 N–H and O–H groups in total. The number of hydrogen-bond acceptors (Lipinski definition) is 5. The number of nitrogens with two attached hydrogens (primary N) is 1. The van der Waals surface area contributed by atoms with Crippen LogP contribution in [0, 0.1) is 5.92 Å². The Bertz CT molecular complexity index is 381. The van der Waals surface area contributed by atoms with Gasteiger partial charge in [0.25, 0.3) is 0 Å². The molecular weight excluding hydrogens is 242 g/mol. The molecule has 106 valence electrons. The monoisotopic (exact) mass is 265 g/mol. The van der Waals surface area contributed by atoms with Crippen molar-refractivity contribution in [2.24, 2.45) is 11.7 Å². The Balaban J connectivity index is 1.87. The summed E-state index contributed by atoms with van der Waals surface area (Å²) in [6.45, 7) is 1.11. The van der Waals surface area contributed by atoms with Gasteiger partial charge in [-0.1, -0.05) is 19.3 Å². The molecule has 2 rings (SSSR count). The van der Waals surface area contributed by atoms with E-state index in [-0.39, 0.29) is 0 Å². The first-order valence-electron chi connectivity index (χ1n) is 7.13. The third-order valence-corrected chi connectivity index (χ3v) is 3.61. The maximum atomic E-state index is 9.84. The number of aliphatic hydroxyl groups is 1. The Morgan fingerprint density at radius 1 is 1.37 bits per heavy atom. The van der Waals surface area contributed by atoms with Gasteiger partial charge < -0.3 is 15.6 Å². The van der Waals surface area contributed by atoms with E-state index in [1.165, 1.54) is 32.1 Å². The van der Waals surface area contributed by atoms with E-state index in [1.807, 2.05) is 0 Å². The quantitative estimate of drug-likeness (QED) is 0.820. The van der Waals surface area contributed by atoms with Crippen molar-refractivity contribution in [3.8, 4) is 6.01 Å². The lowest BCUT2D eigenvalue weighted by Crippen LogP contribution is -2.16. The molecule has 0 saturated heterocycles. The Hall–Kier alpha value is -1.20. The number of ether oxygens (including phenoxy) is 1. The third-order valence-electron chi connectivity index (χ3n) is 3.61. The highest BCUT2D eigenvalue weighted by Gasteiger charge is 2.15. The van der Waals surface area contributed by atoms with Crippen LogP contribution in [0.1, 0.15) is 50.3 Å². The molecule has 0 aliphatic heterocycles. The predicted molar refractivity (Wildman–Crippen MR) is 72.7 cm³/mol. The van der Waals surface area contributed by atoms with Gasteiger partial charge in [0.05, 0.1) is 18.4 Å². The highest BCUT2D eigenvalue weighted by Crippen LogP contribution is 2.24. The lowest BCUT2D eigenvalue weighted by Gasteiger charge is -2.21. The van der Waals surface area contributed by atoms with Crippen molar-refractivity contribution in [1.29, 1.82) is 0 Å². The number of aromatic nitrogens is 2. The van der Waals surface area contributed by atoms with E-state index in [0.717, 1.165) is 0 Å². The second-order valence-corrected chi connectivity index (χ2v) is 5.17. The van der Waals surface area contributed by atoms with E-state index in [0.29, 0.717) is 37.2 Å². The summed E-state index contributed by atoms with van der Waals surface area (Å²) < 4.78 is 5.65. The van der Waals surface area contributed by atoms with Crippen LogP contribution in [0.3, 0.4) is 0 Å². The van der Waals surface area contributed by atoms with Gasteiger partial charge in [0.1, 0.15) is 0 Å². The molecule has 0 aromatic carbocycles. The zero-order chi connectivity index (χ0) is 13.5. The van der Waals surface area contributed by atoms with Crippen LogP contribution >= 0.6 is 0 Å². The minimum atomic E-state index is -0.634. The van der Waals surface area contributed by atoms with Crippen LogP contribution in [-0.2, 0) is 0 Å². The molecule has 0 spiro atoms. The van der Waals surface area contributed by atoms with Gasteiger partial charge in [-0.05, 0) is 37.8 Å². The van der Waals surface area contributed by atoms with E-state index in [9.17, 15) is 5.11 Å². The molecule has 0 bridgehead atoms. The highest BCUT2D eigenvalue weighted by atomic mass is 16.5. The van der Waals surface area contributed by atoms with Crippen molar-refractivity contribution in [2.45, 2.75) is 44.6 Å². The zero-order valence-corrected chi connectivity index (χ0v) is 11.3. The van der Waals surface area contributed by atoms with Crippen LogP contribution in [0.2, 0.25) is 0 Å². The van der Waals surface area contributed by atoms with Crippen molar-refractivity contribution in [3.63, 3.8) is 0 Å². The summed E-state index contributed by atoms with van der Waals surface area (Å²) in [6, 6.07) is 2.06. The smallest absolute Gasteiger partial charge is 0.316 e. The molecule has 1 saturated carbocycles. The Labute approximate surface area is 114 Å². The summed E-state index contributed by atoms with van der Waals surface area (Å²) >= 11 is 0. The second kappa shape index (κ2) is 7.40. The van der Waals surface area contributed by atoms with E-state index < -0.39 is 6.10 Å². The van der Waals surface area contributed by atoms with Gasteiger partial charge in [-0.3, -0.25) is 0 Å². The second-order valence-electron chi connectivity index (χ2n) is 5.17. The summed E-state index contributed by atoms with van der Waals surface area (Å²) in [5, 5.41) is 9.84. The molecule has 1 aromatic rings. The van der Waals surface area contributed by atoms with Gasteiger partial charge >= 0.3 is 6.01 Å². The summed E-state index contributed by atoms with van der Waals surface area (Å²) in [5.74, 6) is 0.620. The first-order valence-corrected chi connectivity index (χ1v) is 7.13. The van der Waals surface area contributed by atoms with Crippen molar-refractivity contribution in [3.05, 3.63) is 18.0 Å². The van der Waals surface area contributed by atoms with Crippen LogP contribution in [0.5, 0.6) is 6.01 Å². The number of hydrogen-bond donors (Lipinski definition) is 2. The van der Waals surface area contributed by atoms with Gasteiger partial charge in [0.15, 0.2) is 0 Å². The van der Waals surface area contributed by atoms with Crippen molar-refractivity contribution < 1.29 is 9.84 Å². The van der Waals surface area contributed by atoms with Gasteiger partial charge in [-0.2, -0.15) is 4.98 Å². The minimum Gasteiger partial charge on any atom is -0.463 e. The van der Waals surface area contributed by atoms with Gasteiger partial charge in [0, 0.05) is 6.20 Å². The van der Waals surface area contributed by atoms with E-state index in [2.05, 4.69) is 9.97 Å². The minimum absolute atomic E-state index is 0.360. The van der Waals surface area contributed by atoms with E-state index in [4.69, 9.17) is 10.5 Å². The molecule has 1 aromatic heterocycles. The maximum absolute atomic E-state index is 9.84. The average Bonchev–Trinajstić information content (AvgIpc) is 2.47. The van der Waals surface area contributed by atoms with Crippen molar-refractivity contribution in [1.82, 2.24) is 9.97 Å². The highest BCUT2D eigenvalue weighted by molar-refractivity contribution is 5.08. The van der Waals surface area contributed by atoms with Crippen LogP contribution in [-0.4, -0.2) is 28.2 Å². The number of nitrogens with zero attached hydrogens (tertiary/aromatic N) is 2. The molecule has 1 fully saturated rings. The number of aliphatic hydroxyl groups excluding tert-OH is 1. The summed E-state index contributed by atoms with van der Waals surface area (Å²) in [6.07, 6.45) is 7.88. The molecule has 1 aliphatic carbocycles. The van der Waals surface area contributed by atoms with Crippen LogP contribution in [0.4, 0.5) is 0 Å². The first kappa shape index (κ1) is 14.2. The standard InChI is InChI=1S/C14H23N3O2/c15-8-6-13(18)12-7-9-16-14(17-12)19-10-11-4-2-1-3-5-11/h7,9,11,13,18H,1-6,8,10,15H2. The zero-order valence-electron chi connectivity index (χ0n) is 11.3. The maximum Gasteiger partial charge on any atom is 0.316 e. The molecule has 1 heterocycles. The molecule has 1 aliphatic rings. The molecule has 19 heavy (non-hydrogen) atoms.